The first-order valence-electron chi connectivity index (χ1n) is 14.1. The van der Waals surface area contributed by atoms with Gasteiger partial charge in [-0.3, -0.25) is 19.3 Å². The molecule has 0 unspecified atom stereocenters. The van der Waals surface area contributed by atoms with E-state index in [1.54, 1.807) is 43.5 Å². The molecule has 0 aliphatic carbocycles. The minimum absolute atomic E-state index is 0.0864. The van der Waals surface area contributed by atoms with Crippen molar-refractivity contribution >= 4 is 11.8 Å². The predicted molar refractivity (Wildman–Crippen MR) is 157 cm³/mol. The Labute approximate surface area is 247 Å². The van der Waals surface area contributed by atoms with Crippen LogP contribution < -0.4 is 11.1 Å². The van der Waals surface area contributed by atoms with Gasteiger partial charge in [0.15, 0.2) is 0 Å². The van der Waals surface area contributed by atoms with Crippen LogP contribution in [0.15, 0.2) is 73.2 Å². The largest absolute Gasteiger partial charge is 0.416 e. The van der Waals surface area contributed by atoms with Crippen LogP contribution in [0.4, 0.5) is 13.2 Å². The molecule has 2 aromatic heterocycles. The number of likely N-dealkylation sites (tertiary alicyclic amines) is 1. The van der Waals surface area contributed by atoms with Crippen molar-refractivity contribution in [2.75, 3.05) is 13.1 Å². The number of aromatic nitrogens is 3. The van der Waals surface area contributed by atoms with Crippen LogP contribution in [0, 0.1) is 0 Å². The fourth-order valence-electron chi connectivity index (χ4n) is 5.36. The molecule has 3 heterocycles. The van der Waals surface area contributed by atoms with Crippen molar-refractivity contribution in [3.8, 4) is 22.4 Å². The fraction of sp³-hybridized carbons (Fsp3) is 0.312. The standard InChI is InChI=1S/C32H33F3N6O2/c1-20(22-3-5-23(6-4-22)29-16-27(32(33,34)35)8-7-24(29)17-36)38-31(43)26-15-25(18-37-19-26)30-11-14-41(39-30)28-9-12-40(13-10-28)21(2)42/h3-8,11,14-16,18-20,28H,9-10,12-13,17,36H2,1-2H3,(H,38,43)/t20-/m1/s1. The van der Waals surface area contributed by atoms with E-state index < -0.39 is 11.7 Å². The maximum atomic E-state index is 13.3. The van der Waals surface area contributed by atoms with Crippen LogP contribution in [0.1, 0.15) is 65.8 Å². The summed E-state index contributed by atoms with van der Waals surface area (Å²) in [6, 6.07) is 14.0. The summed E-state index contributed by atoms with van der Waals surface area (Å²) in [7, 11) is 0. The second-order valence-corrected chi connectivity index (χ2v) is 10.8. The van der Waals surface area contributed by atoms with Gasteiger partial charge in [0.25, 0.3) is 5.91 Å². The highest BCUT2D eigenvalue weighted by molar-refractivity contribution is 5.95. The number of nitrogens with two attached hydrogens (primary N) is 1. The van der Waals surface area contributed by atoms with E-state index in [2.05, 4.69) is 10.3 Å². The van der Waals surface area contributed by atoms with Gasteiger partial charge in [0.2, 0.25) is 5.91 Å². The van der Waals surface area contributed by atoms with Crippen molar-refractivity contribution in [2.24, 2.45) is 5.73 Å². The van der Waals surface area contributed by atoms with Gasteiger partial charge in [-0.15, -0.1) is 0 Å². The normalized spacial score (nSPS) is 14.9. The third-order valence-electron chi connectivity index (χ3n) is 7.91. The number of rotatable bonds is 7. The van der Waals surface area contributed by atoms with Crippen LogP contribution in [0.3, 0.4) is 0 Å². The Morgan fingerprint density at radius 1 is 1.02 bits per heavy atom. The van der Waals surface area contributed by atoms with Crippen molar-refractivity contribution < 1.29 is 22.8 Å². The van der Waals surface area contributed by atoms with E-state index in [-0.39, 0.29) is 30.4 Å². The first-order chi connectivity index (χ1) is 20.5. The van der Waals surface area contributed by atoms with E-state index in [9.17, 15) is 22.8 Å². The Hall–Kier alpha value is -4.51. The Kier molecular flexibility index (Phi) is 8.63. The van der Waals surface area contributed by atoms with E-state index in [4.69, 9.17) is 10.8 Å². The lowest BCUT2D eigenvalue weighted by Crippen LogP contribution is -2.37. The highest BCUT2D eigenvalue weighted by Crippen LogP contribution is 2.34. The van der Waals surface area contributed by atoms with Crippen molar-refractivity contribution in [3.63, 3.8) is 0 Å². The molecule has 11 heteroatoms. The average Bonchev–Trinajstić information content (AvgIpc) is 3.51. The third-order valence-corrected chi connectivity index (χ3v) is 7.91. The molecule has 0 spiro atoms. The highest BCUT2D eigenvalue weighted by Gasteiger charge is 2.31. The van der Waals surface area contributed by atoms with Crippen molar-refractivity contribution in [2.45, 2.75) is 51.5 Å². The highest BCUT2D eigenvalue weighted by atomic mass is 19.4. The summed E-state index contributed by atoms with van der Waals surface area (Å²) in [5, 5.41) is 7.69. The van der Waals surface area contributed by atoms with Crippen LogP contribution in [0.25, 0.3) is 22.4 Å². The van der Waals surface area contributed by atoms with Gasteiger partial charge >= 0.3 is 6.18 Å². The molecule has 0 radical (unpaired) electrons. The molecular weight excluding hydrogens is 557 g/mol. The Morgan fingerprint density at radius 2 is 1.74 bits per heavy atom. The number of alkyl halides is 3. The minimum Gasteiger partial charge on any atom is -0.345 e. The lowest BCUT2D eigenvalue weighted by molar-refractivity contribution is -0.137. The molecule has 4 aromatic rings. The van der Waals surface area contributed by atoms with Gasteiger partial charge in [0.05, 0.1) is 28.9 Å². The number of amides is 2. The molecule has 1 fully saturated rings. The van der Waals surface area contributed by atoms with Gasteiger partial charge in [0.1, 0.15) is 0 Å². The average molecular weight is 591 g/mol. The maximum absolute atomic E-state index is 13.3. The monoisotopic (exact) mass is 590 g/mol. The van der Waals surface area contributed by atoms with Gasteiger partial charge in [0, 0.05) is 50.7 Å². The van der Waals surface area contributed by atoms with Crippen LogP contribution in [-0.2, 0) is 17.5 Å². The maximum Gasteiger partial charge on any atom is 0.416 e. The van der Waals surface area contributed by atoms with Gasteiger partial charge in [-0.2, -0.15) is 18.3 Å². The van der Waals surface area contributed by atoms with Crippen LogP contribution in [0.5, 0.6) is 0 Å². The lowest BCUT2D eigenvalue weighted by Gasteiger charge is -2.31. The summed E-state index contributed by atoms with van der Waals surface area (Å²) in [6.45, 7) is 4.93. The fourth-order valence-corrected chi connectivity index (χ4v) is 5.36. The summed E-state index contributed by atoms with van der Waals surface area (Å²) < 4.78 is 41.8. The Morgan fingerprint density at radius 3 is 2.40 bits per heavy atom. The van der Waals surface area contributed by atoms with Gasteiger partial charge in [-0.05, 0) is 66.3 Å². The summed E-state index contributed by atoms with van der Waals surface area (Å²) in [6.07, 6.45) is 2.26. The number of piperidine rings is 1. The number of nitrogens with one attached hydrogen (secondary N) is 1. The second kappa shape index (κ2) is 12.4. The van der Waals surface area contributed by atoms with E-state index in [1.807, 2.05) is 28.8 Å². The van der Waals surface area contributed by atoms with Crippen LogP contribution in [0.2, 0.25) is 0 Å². The molecule has 1 saturated heterocycles. The molecule has 2 amide bonds. The number of halogens is 3. The molecule has 43 heavy (non-hydrogen) atoms. The molecule has 8 nitrogen and oxygen atoms in total. The Bertz CT molecular complexity index is 1610. The first-order valence-corrected chi connectivity index (χ1v) is 14.1. The van der Waals surface area contributed by atoms with Crippen molar-refractivity contribution in [1.29, 1.82) is 0 Å². The van der Waals surface area contributed by atoms with E-state index in [0.717, 1.165) is 30.5 Å². The molecule has 224 valence electrons. The number of benzene rings is 2. The van der Waals surface area contributed by atoms with Gasteiger partial charge in [-0.1, -0.05) is 30.3 Å². The summed E-state index contributed by atoms with van der Waals surface area (Å²) in [5.41, 5.74) is 9.26. The van der Waals surface area contributed by atoms with Gasteiger partial charge < -0.3 is 16.0 Å². The molecule has 0 bridgehead atoms. The molecule has 1 atom stereocenters. The topological polar surface area (TPSA) is 106 Å². The third kappa shape index (κ3) is 6.77. The molecule has 2 aromatic carbocycles. The second-order valence-electron chi connectivity index (χ2n) is 10.8. The molecular formula is C32H33F3N6O2. The predicted octanol–water partition coefficient (Wildman–Crippen LogP) is 5.76. The molecule has 5 rings (SSSR count). The molecule has 0 saturated carbocycles. The van der Waals surface area contributed by atoms with E-state index >= 15 is 0 Å². The quantitative estimate of drug-likeness (QED) is 0.285. The van der Waals surface area contributed by atoms with E-state index in [0.29, 0.717) is 46.6 Å². The number of hydrogen-bond acceptors (Lipinski definition) is 5. The smallest absolute Gasteiger partial charge is 0.345 e. The lowest BCUT2D eigenvalue weighted by atomic mass is 9.95. The first kappa shape index (κ1) is 30.0. The van der Waals surface area contributed by atoms with Crippen LogP contribution >= 0.6 is 0 Å². The summed E-state index contributed by atoms with van der Waals surface area (Å²) in [4.78, 5) is 30.8. The zero-order chi connectivity index (χ0) is 30.7. The minimum atomic E-state index is -4.46. The number of hydrogen-bond donors (Lipinski definition) is 2. The van der Waals surface area contributed by atoms with E-state index in [1.165, 1.54) is 12.3 Å². The molecule has 1 aliphatic heterocycles. The number of carbonyl (C=O) groups is 2. The number of carbonyl (C=O) groups excluding carboxylic acids is 2. The number of nitrogens with zero attached hydrogens (tertiary/aromatic N) is 4. The molecule has 3 N–H and O–H groups in total. The zero-order valence-electron chi connectivity index (χ0n) is 23.9. The van der Waals surface area contributed by atoms with Crippen molar-refractivity contribution in [3.05, 3.63) is 95.4 Å². The van der Waals surface area contributed by atoms with Crippen LogP contribution in [-0.4, -0.2) is 44.6 Å². The van der Waals surface area contributed by atoms with Crippen molar-refractivity contribution in [1.82, 2.24) is 25.0 Å². The summed E-state index contributed by atoms with van der Waals surface area (Å²) >= 11 is 0. The Balaban J connectivity index is 1.26. The summed E-state index contributed by atoms with van der Waals surface area (Å²) in [5.74, 6) is -0.228. The SMILES string of the molecule is CC(=O)N1CCC(n2ccc(-c3cncc(C(=O)N[C@H](C)c4ccc(-c5cc(C(F)(F)F)ccc5CN)cc4)c3)n2)CC1. The van der Waals surface area contributed by atoms with Gasteiger partial charge in [-0.25, -0.2) is 0 Å². The number of pyridine rings is 1. The zero-order valence-corrected chi connectivity index (χ0v) is 23.9. The molecule has 1 aliphatic rings.